The second-order valence-electron chi connectivity index (χ2n) is 10.7. The summed E-state index contributed by atoms with van der Waals surface area (Å²) < 4.78 is 10.2. The van der Waals surface area contributed by atoms with Crippen LogP contribution in [0.3, 0.4) is 0 Å². The van der Waals surface area contributed by atoms with Gasteiger partial charge in [0, 0.05) is 24.1 Å². The first-order valence-electron chi connectivity index (χ1n) is 13.6. The van der Waals surface area contributed by atoms with Gasteiger partial charge in [-0.25, -0.2) is 4.79 Å². The summed E-state index contributed by atoms with van der Waals surface area (Å²) in [5, 5.41) is 3.56. The van der Waals surface area contributed by atoms with Crippen LogP contribution in [0.5, 0.6) is 5.75 Å². The lowest BCUT2D eigenvalue weighted by atomic mass is 9.78. The Morgan fingerprint density at radius 3 is 2.25 bits per heavy atom. The van der Waals surface area contributed by atoms with Crippen molar-refractivity contribution in [1.82, 2.24) is 0 Å². The van der Waals surface area contributed by atoms with E-state index >= 15 is 0 Å². The van der Waals surface area contributed by atoms with Crippen LogP contribution < -0.4 is 15.0 Å². The van der Waals surface area contributed by atoms with Gasteiger partial charge in [-0.15, -0.1) is 0 Å². The molecule has 40 heavy (non-hydrogen) atoms. The number of carbonyl (C=O) groups excluding carboxylic acids is 3. The molecule has 1 N–H and O–H groups in total. The fourth-order valence-electron chi connectivity index (χ4n) is 5.66. The number of hydrogen-bond acceptors (Lipinski definition) is 6. The van der Waals surface area contributed by atoms with E-state index in [0.29, 0.717) is 30.4 Å². The molecule has 0 fully saturated rings. The van der Waals surface area contributed by atoms with Gasteiger partial charge in [-0.2, -0.15) is 0 Å². The van der Waals surface area contributed by atoms with Crippen LogP contribution in [0.1, 0.15) is 66.6 Å². The number of nitrogens with one attached hydrogen (secondary N) is 1. The number of carbonyl (C=O) groups is 3. The van der Waals surface area contributed by atoms with Crippen molar-refractivity contribution in [3.8, 4) is 5.75 Å². The molecule has 1 heterocycles. The van der Waals surface area contributed by atoms with Crippen molar-refractivity contribution in [2.75, 3.05) is 24.4 Å². The zero-order valence-electron chi connectivity index (χ0n) is 23.3. The highest BCUT2D eigenvalue weighted by Crippen LogP contribution is 2.47. The fraction of sp³-hybridized carbons (Fsp3) is 0.303. The number of para-hydroxylation sites is 2. The van der Waals surface area contributed by atoms with Crippen LogP contribution in [0.4, 0.5) is 11.4 Å². The van der Waals surface area contributed by atoms with Gasteiger partial charge in [-0.3, -0.25) is 14.5 Å². The van der Waals surface area contributed by atoms with Crippen molar-refractivity contribution in [3.05, 3.63) is 101 Å². The quantitative estimate of drug-likeness (QED) is 0.364. The molecule has 1 aliphatic heterocycles. The van der Waals surface area contributed by atoms with Crippen molar-refractivity contribution in [2.24, 2.45) is 5.92 Å². The van der Waals surface area contributed by atoms with Gasteiger partial charge in [0.2, 0.25) is 5.91 Å². The van der Waals surface area contributed by atoms with Gasteiger partial charge >= 0.3 is 5.97 Å². The van der Waals surface area contributed by atoms with Crippen molar-refractivity contribution in [2.45, 2.75) is 45.1 Å². The Morgan fingerprint density at radius 2 is 1.60 bits per heavy atom. The molecule has 3 aromatic rings. The first kappa shape index (κ1) is 27.2. The zero-order valence-corrected chi connectivity index (χ0v) is 23.3. The van der Waals surface area contributed by atoms with E-state index in [1.165, 1.54) is 7.11 Å². The van der Waals surface area contributed by atoms with E-state index in [9.17, 15) is 14.4 Å². The van der Waals surface area contributed by atoms with Crippen LogP contribution in [0.25, 0.3) is 0 Å². The normalized spacial score (nSPS) is 18.4. The van der Waals surface area contributed by atoms with Crippen LogP contribution >= 0.6 is 0 Å². The Bertz CT molecular complexity index is 1460. The summed E-state index contributed by atoms with van der Waals surface area (Å²) in [6.07, 6.45) is 1.27. The molecule has 206 valence electrons. The number of methoxy groups -OCH3 is 2. The van der Waals surface area contributed by atoms with Crippen molar-refractivity contribution < 1.29 is 23.9 Å². The Labute approximate surface area is 234 Å². The fourth-order valence-corrected chi connectivity index (χ4v) is 5.66. The Balaban J connectivity index is 1.66. The average molecular weight is 539 g/mol. The highest BCUT2D eigenvalue weighted by atomic mass is 16.5. The molecular formula is C33H34N2O5. The molecule has 0 saturated heterocycles. The number of nitrogens with zero attached hydrogens (tertiary/aromatic N) is 1. The van der Waals surface area contributed by atoms with Gasteiger partial charge in [0.25, 0.3) is 0 Å². The molecule has 0 unspecified atom stereocenters. The SMILES string of the molecule is COC(=O)c1ccc([C@H]2C3=C(C[C@@H](c4ccc(OC)cc4)CC3=O)Nc3ccccc3N2C(=O)CC(C)C)cc1. The second kappa shape index (κ2) is 11.4. The lowest BCUT2D eigenvalue weighted by Crippen LogP contribution is -2.39. The molecule has 0 spiro atoms. The lowest BCUT2D eigenvalue weighted by molar-refractivity contribution is -0.119. The van der Waals surface area contributed by atoms with Crippen LogP contribution in [0.2, 0.25) is 0 Å². The van der Waals surface area contributed by atoms with Gasteiger partial charge < -0.3 is 14.8 Å². The van der Waals surface area contributed by atoms with Gasteiger partial charge in [-0.05, 0) is 65.8 Å². The lowest BCUT2D eigenvalue weighted by Gasteiger charge is -2.35. The average Bonchev–Trinajstić information content (AvgIpc) is 3.11. The molecule has 0 saturated carbocycles. The van der Waals surface area contributed by atoms with Crippen LogP contribution in [0.15, 0.2) is 84.1 Å². The minimum absolute atomic E-state index is 0.00762. The number of benzene rings is 3. The number of ether oxygens (including phenoxy) is 2. The highest BCUT2D eigenvalue weighted by Gasteiger charge is 2.41. The maximum Gasteiger partial charge on any atom is 0.337 e. The number of anilines is 2. The number of ketones is 1. The maximum atomic E-state index is 14.1. The summed E-state index contributed by atoms with van der Waals surface area (Å²) in [4.78, 5) is 41.9. The molecule has 7 heteroatoms. The number of amides is 1. The summed E-state index contributed by atoms with van der Waals surface area (Å²) in [5.41, 5.74) is 5.12. The summed E-state index contributed by atoms with van der Waals surface area (Å²) in [6, 6.07) is 21.9. The molecule has 2 aliphatic rings. The van der Waals surface area contributed by atoms with Gasteiger partial charge in [0.05, 0.1) is 37.2 Å². The largest absolute Gasteiger partial charge is 0.497 e. The minimum atomic E-state index is -0.645. The monoisotopic (exact) mass is 538 g/mol. The molecule has 7 nitrogen and oxygen atoms in total. The van der Waals surface area contributed by atoms with E-state index in [-0.39, 0.29) is 23.5 Å². The first-order chi connectivity index (χ1) is 19.3. The second-order valence-corrected chi connectivity index (χ2v) is 10.7. The van der Waals surface area contributed by atoms with Crippen molar-refractivity contribution in [1.29, 1.82) is 0 Å². The van der Waals surface area contributed by atoms with E-state index < -0.39 is 12.0 Å². The molecule has 5 rings (SSSR count). The number of hydrogen-bond donors (Lipinski definition) is 1. The van der Waals surface area contributed by atoms with E-state index in [1.54, 1.807) is 24.1 Å². The molecule has 1 aliphatic carbocycles. The van der Waals surface area contributed by atoms with Crippen LogP contribution in [-0.4, -0.2) is 31.9 Å². The molecule has 2 atom stereocenters. The van der Waals surface area contributed by atoms with Gasteiger partial charge in [0.15, 0.2) is 5.78 Å². The summed E-state index contributed by atoms with van der Waals surface area (Å²) >= 11 is 0. The number of allylic oxidation sites excluding steroid dienone is 1. The standard InChI is InChI=1S/C33H34N2O5/c1-20(2)17-30(37)35-28-8-6-5-7-26(28)34-27-18-24(21-13-15-25(39-3)16-14-21)19-29(36)31(27)32(35)22-9-11-23(12-10-22)33(38)40-4/h5-16,20,24,32,34H,17-19H2,1-4H3/t24-,32+/m1/s1. The predicted molar refractivity (Wildman–Crippen MR) is 155 cm³/mol. The van der Waals surface area contributed by atoms with Gasteiger partial charge in [0.1, 0.15) is 5.75 Å². The highest BCUT2D eigenvalue weighted by molar-refractivity contribution is 6.06. The summed E-state index contributed by atoms with van der Waals surface area (Å²) in [5.74, 6) is 0.368. The Kier molecular flexibility index (Phi) is 7.74. The Hall–Kier alpha value is -4.39. The maximum absolute atomic E-state index is 14.1. The minimum Gasteiger partial charge on any atom is -0.497 e. The van der Waals surface area contributed by atoms with Gasteiger partial charge in [-0.1, -0.05) is 50.2 Å². The molecule has 3 aromatic carbocycles. The van der Waals surface area contributed by atoms with E-state index in [1.807, 2.05) is 74.5 Å². The van der Waals surface area contributed by atoms with Crippen molar-refractivity contribution in [3.63, 3.8) is 0 Å². The molecule has 1 amide bonds. The third-order valence-corrected chi connectivity index (χ3v) is 7.57. The molecule has 0 radical (unpaired) electrons. The number of rotatable bonds is 6. The van der Waals surface area contributed by atoms with Crippen LogP contribution in [-0.2, 0) is 14.3 Å². The van der Waals surface area contributed by atoms with Crippen molar-refractivity contribution >= 4 is 29.0 Å². The van der Waals surface area contributed by atoms with Crippen LogP contribution in [0, 0.1) is 5.92 Å². The molecule has 0 bridgehead atoms. The number of esters is 1. The number of Topliss-reactive ketones (excluding diaryl/α,β-unsaturated/α-hetero) is 1. The third kappa shape index (κ3) is 5.24. The number of fused-ring (bicyclic) bond motifs is 1. The molecular weight excluding hydrogens is 504 g/mol. The molecule has 0 aromatic heterocycles. The summed E-state index contributed by atoms with van der Waals surface area (Å²) in [7, 11) is 2.97. The van der Waals surface area contributed by atoms with E-state index in [0.717, 1.165) is 33.9 Å². The Morgan fingerprint density at radius 1 is 0.925 bits per heavy atom. The third-order valence-electron chi connectivity index (χ3n) is 7.57. The first-order valence-corrected chi connectivity index (χ1v) is 13.6. The topological polar surface area (TPSA) is 84.9 Å². The predicted octanol–water partition coefficient (Wildman–Crippen LogP) is 6.43. The van der Waals surface area contributed by atoms with E-state index in [2.05, 4.69) is 5.32 Å². The smallest absolute Gasteiger partial charge is 0.337 e. The van der Waals surface area contributed by atoms with E-state index in [4.69, 9.17) is 9.47 Å². The summed E-state index contributed by atoms with van der Waals surface area (Å²) in [6.45, 7) is 4.02. The zero-order chi connectivity index (χ0) is 28.4.